The van der Waals surface area contributed by atoms with Crippen molar-refractivity contribution in [2.75, 3.05) is 13.4 Å². The Morgan fingerprint density at radius 2 is 1.88 bits per heavy atom. The fraction of sp³-hybridized carbons (Fsp3) is 0.333. The van der Waals surface area contributed by atoms with Gasteiger partial charge in [0.15, 0.2) is 17.3 Å². The molecule has 2 atom stereocenters. The number of esters is 1. The summed E-state index contributed by atoms with van der Waals surface area (Å²) in [7, 11) is 0. The first-order valence-corrected chi connectivity index (χ1v) is 12.3. The van der Waals surface area contributed by atoms with Gasteiger partial charge >= 0.3 is 5.97 Å². The Morgan fingerprint density at radius 1 is 1.15 bits per heavy atom. The maximum atomic E-state index is 13.7. The van der Waals surface area contributed by atoms with Crippen LogP contribution in [-0.2, 0) is 14.3 Å². The lowest BCUT2D eigenvalue weighted by Crippen LogP contribution is -2.36. The van der Waals surface area contributed by atoms with Gasteiger partial charge in [0.05, 0.1) is 12.2 Å². The van der Waals surface area contributed by atoms with Crippen LogP contribution >= 0.6 is 15.9 Å². The number of carbonyl (C=O) groups is 2. The lowest BCUT2D eigenvalue weighted by molar-refractivity contribution is -0.139. The van der Waals surface area contributed by atoms with Crippen LogP contribution in [0.25, 0.3) is 0 Å². The summed E-state index contributed by atoms with van der Waals surface area (Å²) in [5, 5.41) is 3.39. The number of dihydropyridines is 1. The molecule has 176 valence electrons. The lowest BCUT2D eigenvalue weighted by Gasteiger charge is -2.37. The molecular weight excluding hydrogens is 498 g/mol. The third-order valence-corrected chi connectivity index (χ3v) is 7.25. The van der Waals surface area contributed by atoms with Crippen molar-refractivity contribution in [2.45, 2.75) is 44.9 Å². The standard InChI is InChI=1S/C27H26BrNO5/c1-3-9-32-27(31)24-15(2)29-20-10-17(16-7-5-4-6-8-16)11-21(30)26(20)25(24)18-12-22-23(13-19(18)28)34-14-33-22/h4-8,12-13,17,25,29H,3,9-11,14H2,1-2H3. The second kappa shape index (κ2) is 9.29. The van der Waals surface area contributed by atoms with Crippen LogP contribution in [0.1, 0.15) is 56.1 Å². The highest BCUT2D eigenvalue weighted by molar-refractivity contribution is 9.10. The zero-order valence-electron chi connectivity index (χ0n) is 19.2. The number of hydrogen-bond donors (Lipinski definition) is 1. The van der Waals surface area contributed by atoms with E-state index in [0.29, 0.717) is 47.8 Å². The number of benzene rings is 2. The van der Waals surface area contributed by atoms with Crippen LogP contribution in [0.15, 0.2) is 69.5 Å². The smallest absolute Gasteiger partial charge is 0.336 e. The summed E-state index contributed by atoms with van der Waals surface area (Å²) in [4.78, 5) is 26.9. The van der Waals surface area contributed by atoms with E-state index in [-0.39, 0.29) is 18.5 Å². The van der Waals surface area contributed by atoms with Gasteiger partial charge in [-0.1, -0.05) is 53.2 Å². The second-order valence-electron chi connectivity index (χ2n) is 8.79. The molecule has 0 saturated carbocycles. The van der Waals surface area contributed by atoms with E-state index in [1.807, 2.05) is 44.2 Å². The molecule has 0 radical (unpaired) electrons. The number of Topliss-reactive ketones (excluding diaryl/α,β-unsaturated/α-hetero) is 1. The number of rotatable bonds is 5. The minimum atomic E-state index is -0.561. The number of nitrogens with one attached hydrogen (secondary N) is 1. The van der Waals surface area contributed by atoms with E-state index in [1.165, 1.54) is 0 Å². The number of allylic oxidation sites excluding steroid dienone is 3. The normalized spacial score (nSPS) is 21.3. The maximum Gasteiger partial charge on any atom is 0.336 e. The van der Waals surface area contributed by atoms with E-state index in [4.69, 9.17) is 14.2 Å². The van der Waals surface area contributed by atoms with Crippen molar-refractivity contribution < 1.29 is 23.8 Å². The molecule has 0 amide bonds. The summed E-state index contributed by atoms with van der Waals surface area (Å²) < 4.78 is 17.4. The maximum absolute atomic E-state index is 13.7. The van der Waals surface area contributed by atoms with Gasteiger partial charge < -0.3 is 19.5 Å². The summed E-state index contributed by atoms with van der Waals surface area (Å²) in [5.74, 6) is 0.379. The van der Waals surface area contributed by atoms with Crippen molar-refractivity contribution in [2.24, 2.45) is 0 Å². The Kier molecular flexibility index (Phi) is 6.21. The first-order valence-electron chi connectivity index (χ1n) is 11.5. The average molecular weight is 524 g/mol. The van der Waals surface area contributed by atoms with Crippen LogP contribution < -0.4 is 14.8 Å². The molecule has 3 aliphatic rings. The fourth-order valence-electron chi connectivity index (χ4n) is 5.01. The Hall–Kier alpha value is -3.06. The Labute approximate surface area is 207 Å². The van der Waals surface area contributed by atoms with Gasteiger partial charge in [0.1, 0.15) is 0 Å². The molecule has 1 aliphatic carbocycles. The summed E-state index contributed by atoms with van der Waals surface area (Å²) in [6.45, 7) is 4.29. The molecule has 2 aliphatic heterocycles. The molecule has 34 heavy (non-hydrogen) atoms. The Bertz CT molecular complexity index is 1220. The minimum Gasteiger partial charge on any atom is -0.462 e. The van der Waals surface area contributed by atoms with E-state index in [0.717, 1.165) is 27.7 Å². The molecule has 1 N–H and O–H groups in total. The lowest BCUT2D eigenvalue weighted by atomic mass is 9.71. The van der Waals surface area contributed by atoms with Crippen LogP contribution in [-0.4, -0.2) is 25.2 Å². The van der Waals surface area contributed by atoms with Gasteiger partial charge in [0.25, 0.3) is 0 Å². The van der Waals surface area contributed by atoms with Gasteiger partial charge in [-0.05, 0) is 48.9 Å². The topological polar surface area (TPSA) is 73.9 Å². The molecule has 0 aromatic heterocycles. The largest absolute Gasteiger partial charge is 0.462 e. The molecule has 2 aromatic rings. The molecule has 2 aromatic carbocycles. The number of hydrogen-bond acceptors (Lipinski definition) is 6. The van der Waals surface area contributed by atoms with Crippen LogP contribution in [0.2, 0.25) is 0 Å². The molecule has 6 nitrogen and oxygen atoms in total. The van der Waals surface area contributed by atoms with E-state index >= 15 is 0 Å². The monoisotopic (exact) mass is 523 g/mol. The highest BCUT2D eigenvalue weighted by atomic mass is 79.9. The quantitative estimate of drug-likeness (QED) is 0.522. The zero-order chi connectivity index (χ0) is 23.8. The van der Waals surface area contributed by atoms with Gasteiger partial charge in [-0.15, -0.1) is 0 Å². The van der Waals surface area contributed by atoms with Crippen LogP contribution in [0.5, 0.6) is 11.5 Å². The molecular formula is C27H26BrNO5. The summed E-state index contributed by atoms with van der Waals surface area (Å²) in [6.07, 6.45) is 1.80. The number of halogens is 1. The molecule has 0 fully saturated rings. The molecule has 2 heterocycles. The van der Waals surface area contributed by atoms with E-state index in [2.05, 4.69) is 33.4 Å². The Balaban J connectivity index is 1.62. The highest BCUT2D eigenvalue weighted by Gasteiger charge is 2.42. The average Bonchev–Trinajstić information content (AvgIpc) is 3.28. The molecule has 0 bridgehead atoms. The highest BCUT2D eigenvalue weighted by Crippen LogP contribution is 2.49. The van der Waals surface area contributed by atoms with Crippen molar-refractivity contribution in [3.8, 4) is 11.5 Å². The number of carbonyl (C=O) groups excluding carboxylic acids is 2. The third kappa shape index (κ3) is 4.02. The van der Waals surface area contributed by atoms with Gasteiger partial charge in [0, 0.05) is 33.8 Å². The zero-order valence-corrected chi connectivity index (χ0v) is 20.7. The van der Waals surface area contributed by atoms with Crippen molar-refractivity contribution in [3.63, 3.8) is 0 Å². The molecule has 0 saturated heterocycles. The van der Waals surface area contributed by atoms with Gasteiger partial charge in [-0.2, -0.15) is 0 Å². The summed E-state index contributed by atoms with van der Waals surface area (Å²) in [5.41, 5.74) is 4.58. The minimum absolute atomic E-state index is 0.0328. The van der Waals surface area contributed by atoms with Crippen LogP contribution in [0.3, 0.4) is 0 Å². The predicted molar refractivity (Wildman–Crippen MR) is 131 cm³/mol. The molecule has 5 rings (SSSR count). The van der Waals surface area contributed by atoms with Gasteiger partial charge in [-0.3, -0.25) is 4.79 Å². The fourth-order valence-corrected chi connectivity index (χ4v) is 5.56. The van der Waals surface area contributed by atoms with E-state index in [9.17, 15) is 9.59 Å². The van der Waals surface area contributed by atoms with E-state index < -0.39 is 11.9 Å². The van der Waals surface area contributed by atoms with Crippen molar-refractivity contribution >= 4 is 27.7 Å². The van der Waals surface area contributed by atoms with Gasteiger partial charge in [-0.25, -0.2) is 4.79 Å². The van der Waals surface area contributed by atoms with Crippen molar-refractivity contribution in [3.05, 3.63) is 80.6 Å². The molecule has 2 unspecified atom stereocenters. The third-order valence-electron chi connectivity index (χ3n) is 6.56. The summed E-state index contributed by atoms with van der Waals surface area (Å²) >= 11 is 3.66. The first-order chi connectivity index (χ1) is 16.5. The van der Waals surface area contributed by atoms with Gasteiger partial charge in [0.2, 0.25) is 6.79 Å². The predicted octanol–water partition coefficient (Wildman–Crippen LogP) is 5.49. The molecule has 0 spiro atoms. The van der Waals surface area contributed by atoms with Crippen molar-refractivity contribution in [1.82, 2.24) is 5.32 Å². The molecule has 7 heteroatoms. The van der Waals surface area contributed by atoms with Crippen LogP contribution in [0.4, 0.5) is 0 Å². The van der Waals surface area contributed by atoms with Crippen LogP contribution in [0, 0.1) is 0 Å². The Morgan fingerprint density at radius 3 is 2.62 bits per heavy atom. The SMILES string of the molecule is CCCOC(=O)C1=C(C)NC2=C(C(=O)CC(c3ccccc3)C2)C1c1cc2c(cc1Br)OCO2. The number of ketones is 1. The number of ether oxygens (including phenoxy) is 3. The second-order valence-corrected chi connectivity index (χ2v) is 9.65. The summed E-state index contributed by atoms with van der Waals surface area (Å²) in [6, 6.07) is 13.8. The van der Waals surface area contributed by atoms with Crippen molar-refractivity contribution in [1.29, 1.82) is 0 Å². The van der Waals surface area contributed by atoms with E-state index in [1.54, 1.807) is 0 Å². The number of fused-ring (bicyclic) bond motifs is 1. The first kappa shape index (κ1) is 22.7.